The van der Waals surface area contributed by atoms with Crippen LogP contribution in [0.1, 0.15) is 17.2 Å². The fourth-order valence-corrected chi connectivity index (χ4v) is 3.73. The van der Waals surface area contributed by atoms with E-state index < -0.39 is 30.1 Å². The van der Waals surface area contributed by atoms with E-state index in [-0.39, 0.29) is 23.7 Å². The minimum atomic E-state index is -1.50. The number of carbonyl (C=O) groups is 3. The number of anilines is 1. The summed E-state index contributed by atoms with van der Waals surface area (Å²) in [6.07, 6.45) is -2.35. The first-order chi connectivity index (χ1) is 17.3. The van der Waals surface area contributed by atoms with Gasteiger partial charge in [0, 0.05) is 28.3 Å². The third kappa shape index (κ3) is 7.45. The summed E-state index contributed by atoms with van der Waals surface area (Å²) >= 11 is 12.1. The molecule has 3 N–H and O–H groups in total. The van der Waals surface area contributed by atoms with Gasteiger partial charge in [0.1, 0.15) is 18.8 Å². The maximum absolute atomic E-state index is 13.1. The molecular formula is C26H25Cl2N3O5. The van der Waals surface area contributed by atoms with Crippen molar-refractivity contribution in [3.05, 3.63) is 100 Å². The lowest BCUT2D eigenvalue weighted by Gasteiger charge is -2.30. The van der Waals surface area contributed by atoms with Crippen molar-refractivity contribution in [1.29, 1.82) is 0 Å². The lowest BCUT2D eigenvalue weighted by atomic mass is 10.0. The van der Waals surface area contributed by atoms with E-state index in [0.717, 1.165) is 4.90 Å². The summed E-state index contributed by atoms with van der Waals surface area (Å²) in [7, 11) is 1.32. The highest BCUT2D eigenvalue weighted by Crippen LogP contribution is 2.27. The van der Waals surface area contributed by atoms with Gasteiger partial charge in [-0.05, 0) is 35.9 Å². The zero-order valence-electron chi connectivity index (χ0n) is 19.4. The van der Waals surface area contributed by atoms with E-state index in [1.807, 2.05) is 0 Å². The molecule has 0 aliphatic heterocycles. The number of nitrogens with one attached hydrogen (secondary N) is 2. The SMILES string of the molecule is CN(C(=O)OCc1ccc(Cl)cc1)C(C(=O)NCC(=O)Nc1ccccc1)C(O)c1ccccc1Cl. The van der Waals surface area contributed by atoms with Crippen LogP contribution in [0.4, 0.5) is 10.5 Å². The minimum absolute atomic E-state index is 0.0731. The molecule has 0 aliphatic carbocycles. The van der Waals surface area contributed by atoms with Crippen molar-refractivity contribution >= 4 is 46.8 Å². The molecule has 0 heterocycles. The first-order valence-electron chi connectivity index (χ1n) is 11.0. The molecule has 3 amide bonds. The first-order valence-corrected chi connectivity index (χ1v) is 11.7. The van der Waals surface area contributed by atoms with E-state index in [0.29, 0.717) is 16.3 Å². The Labute approximate surface area is 218 Å². The largest absolute Gasteiger partial charge is 0.445 e. The summed E-state index contributed by atoms with van der Waals surface area (Å²) in [4.78, 5) is 39.2. The molecule has 0 radical (unpaired) electrons. The van der Waals surface area contributed by atoms with E-state index in [2.05, 4.69) is 10.6 Å². The molecule has 0 saturated carbocycles. The number of hydrogen-bond donors (Lipinski definition) is 3. The fraction of sp³-hybridized carbons (Fsp3) is 0.192. The number of nitrogens with zero attached hydrogens (tertiary/aromatic N) is 1. The van der Waals surface area contributed by atoms with Gasteiger partial charge in [-0.25, -0.2) is 4.79 Å². The predicted octanol–water partition coefficient (Wildman–Crippen LogP) is 4.42. The molecule has 0 bridgehead atoms. The number of aliphatic hydroxyl groups is 1. The normalized spacial score (nSPS) is 12.2. The maximum Gasteiger partial charge on any atom is 0.410 e. The second-order valence-electron chi connectivity index (χ2n) is 7.84. The molecule has 0 spiro atoms. The smallest absolute Gasteiger partial charge is 0.410 e. The second kappa shape index (κ2) is 12.9. The number of likely N-dealkylation sites (N-methyl/N-ethyl adjacent to an activating group) is 1. The monoisotopic (exact) mass is 529 g/mol. The van der Waals surface area contributed by atoms with Gasteiger partial charge in [0.05, 0.1) is 6.54 Å². The molecule has 2 atom stereocenters. The van der Waals surface area contributed by atoms with Crippen LogP contribution in [0.25, 0.3) is 0 Å². The van der Waals surface area contributed by atoms with Crippen molar-refractivity contribution in [2.75, 3.05) is 18.9 Å². The molecule has 0 fully saturated rings. The Bertz CT molecular complexity index is 1190. The Morgan fingerprint density at radius 2 is 1.58 bits per heavy atom. The van der Waals surface area contributed by atoms with E-state index in [1.165, 1.54) is 7.05 Å². The molecule has 3 rings (SSSR count). The number of carbonyl (C=O) groups excluding carboxylic acids is 3. The van der Waals surface area contributed by atoms with Crippen LogP contribution in [0, 0.1) is 0 Å². The van der Waals surface area contributed by atoms with Crippen LogP contribution >= 0.6 is 23.2 Å². The first kappa shape index (κ1) is 27.0. The Hall–Kier alpha value is -3.59. The summed E-state index contributed by atoms with van der Waals surface area (Å²) in [5, 5.41) is 16.9. The van der Waals surface area contributed by atoms with Crippen molar-refractivity contribution in [3.8, 4) is 0 Å². The fourth-order valence-electron chi connectivity index (χ4n) is 3.36. The van der Waals surface area contributed by atoms with Crippen LogP contribution in [0.5, 0.6) is 0 Å². The van der Waals surface area contributed by atoms with E-state index >= 15 is 0 Å². The molecule has 0 saturated heterocycles. The Morgan fingerprint density at radius 1 is 0.944 bits per heavy atom. The average molecular weight is 530 g/mol. The Morgan fingerprint density at radius 3 is 2.25 bits per heavy atom. The van der Waals surface area contributed by atoms with Crippen LogP contribution in [0.2, 0.25) is 10.0 Å². The van der Waals surface area contributed by atoms with Crippen LogP contribution < -0.4 is 10.6 Å². The molecule has 3 aromatic carbocycles. The van der Waals surface area contributed by atoms with Crippen molar-refractivity contribution in [2.24, 2.45) is 0 Å². The lowest BCUT2D eigenvalue weighted by molar-refractivity contribution is -0.131. The summed E-state index contributed by atoms with van der Waals surface area (Å²) < 4.78 is 5.32. The van der Waals surface area contributed by atoms with Gasteiger partial charge in [-0.1, -0.05) is 71.7 Å². The number of rotatable bonds is 9. The van der Waals surface area contributed by atoms with Crippen LogP contribution in [-0.4, -0.2) is 47.5 Å². The van der Waals surface area contributed by atoms with Gasteiger partial charge >= 0.3 is 6.09 Å². The number of para-hydroxylation sites is 1. The third-order valence-electron chi connectivity index (χ3n) is 5.25. The maximum atomic E-state index is 13.1. The van der Waals surface area contributed by atoms with Crippen LogP contribution in [0.15, 0.2) is 78.9 Å². The van der Waals surface area contributed by atoms with E-state index in [1.54, 1.807) is 78.9 Å². The molecule has 3 aromatic rings. The topological polar surface area (TPSA) is 108 Å². The van der Waals surface area contributed by atoms with Crippen LogP contribution in [0.3, 0.4) is 0 Å². The third-order valence-corrected chi connectivity index (χ3v) is 5.85. The summed E-state index contributed by atoms with van der Waals surface area (Å²) in [5.74, 6) is -1.25. The summed E-state index contributed by atoms with van der Waals surface area (Å²) in [5.41, 5.74) is 1.49. The number of amides is 3. The van der Waals surface area contributed by atoms with Crippen LogP contribution in [-0.2, 0) is 20.9 Å². The standard InChI is InChI=1S/C26H25Cl2N3O5/c1-31(26(35)36-16-17-11-13-18(27)14-12-17)23(24(33)20-9-5-6-10-21(20)28)25(34)29-15-22(32)30-19-7-3-2-4-8-19/h2-14,23-24,33H,15-16H2,1H3,(H,29,34)(H,30,32). The van der Waals surface area contributed by atoms with E-state index in [9.17, 15) is 19.5 Å². The lowest BCUT2D eigenvalue weighted by Crippen LogP contribution is -2.52. The van der Waals surface area contributed by atoms with Gasteiger partial charge < -0.3 is 20.5 Å². The predicted molar refractivity (Wildman–Crippen MR) is 138 cm³/mol. The van der Waals surface area contributed by atoms with Gasteiger partial charge in [0.2, 0.25) is 11.8 Å². The number of hydrogen-bond acceptors (Lipinski definition) is 5. The molecule has 10 heteroatoms. The molecule has 36 heavy (non-hydrogen) atoms. The van der Waals surface area contributed by atoms with Gasteiger partial charge in [-0.3, -0.25) is 14.5 Å². The molecule has 0 aromatic heterocycles. The number of halogens is 2. The molecule has 8 nitrogen and oxygen atoms in total. The van der Waals surface area contributed by atoms with Gasteiger partial charge in [0.25, 0.3) is 0 Å². The van der Waals surface area contributed by atoms with Gasteiger partial charge in [-0.15, -0.1) is 0 Å². The molecule has 2 unspecified atom stereocenters. The quantitative estimate of drug-likeness (QED) is 0.380. The van der Waals surface area contributed by atoms with Gasteiger partial charge in [0.15, 0.2) is 0 Å². The number of ether oxygens (including phenoxy) is 1. The van der Waals surface area contributed by atoms with Gasteiger partial charge in [-0.2, -0.15) is 0 Å². The summed E-state index contributed by atoms with van der Waals surface area (Å²) in [6, 6.07) is 20.4. The molecule has 0 aliphatic rings. The Balaban J connectivity index is 1.72. The highest BCUT2D eigenvalue weighted by atomic mass is 35.5. The Kier molecular flexibility index (Phi) is 9.69. The molecule has 188 valence electrons. The van der Waals surface area contributed by atoms with E-state index in [4.69, 9.17) is 27.9 Å². The second-order valence-corrected chi connectivity index (χ2v) is 8.68. The number of benzene rings is 3. The highest BCUT2D eigenvalue weighted by molar-refractivity contribution is 6.31. The zero-order valence-corrected chi connectivity index (χ0v) is 20.9. The minimum Gasteiger partial charge on any atom is -0.445 e. The zero-order chi connectivity index (χ0) is 26.1. The van der Waals surface area contributed by atoms with Crippen molar-refractivity contribution in [3.63, 3.8) is 0 Å². The average Bonchev–Trinajstić information content (AvgIpc) is 2.87. The number of aliphatic hydroxyl groups excluding tert-OH is 1. The van der Waals surface area contributed by atoms with Crippen molar-refractivity contribution < 1.29 is 24.2 Å². The summed E-state index contributed by atoms with van der Waals surface area (Å²) in [6.45, 7) is -0.455. The highest BCUT2D eigenvalue weighted by Gasteiger charge is 2.36. The van der Waals surface area contributed by atoms with Crippen molar-refractivity contribution in [2.45, 2.75) is 18.8 Å². The molecular weight excluding hydrogens is 505 g/mol. The van der Waals surface area contributed by atoms with Crippen molar-refractivity contribution in [1.82, 2.24) is 10.2 Å².